The van der Waals surface area contributed by atoms with Gasteiger partial charge in [0.2, 0.25) is 5.91 Å². The van der Waals surface area contributed by atoms with E-state index in [1.165, 1.54) is 0 Å². The summed E-state index contributed by atoms with van der Waals surface area (Å²) in [5, 5.41) is 0. The Kier molecular flexibility index (Phi) is 4.71. The van der Waals surface area contributed by atoms with Crippen LogP contribution < -0.4 is 5.73 Å². The smallest absolute Gasteiger partial charge is 0.239 e. The van der Waals surface area contributed by atoms with Crippen molar-refractivity contribution in [3.63, 3.8) is 0 Å². The molecule has 3 aromatic rings. The van der Waals surface area contributed by atoms with Crippen molar-refractivity contribution in [2.45, 2.75) is 31.2 Å². The van der Waals surface area contributed by atoms with Gasteiger partial charge in [-0.25, -0.2) is 4.98 Å². The number of H-pyrrole nitrogens is 1. The molecular weight excluding hydrogens is 324 g/mol. The zero-order valence-corrected chi connectivity index (χ0v) is 14.8. The minimum atomic E-state index is -0.494. The van der Waals surface area contributed by atoms with Crippen LogP contribution in [0.25, 0.3) is 11.0 Å². The molecular formula is C21H24N4O. The van der Waals surface area contributed by atoms with E-state index in [9.17, 15) is 4.79 Å². The van der Waals surface area contributed by atoms with Gasteiger partial charge >= 0.3 is 0 Å². The molecule has 1 aromatic heterocycles. The Bertz CT molecular complexity index is 856. The monoisotopic (exact) mass is 348 g/mol. The molecule has 0 saturated carbocycles. The van der Waals surface area contributed by atoms with Crippen molar-refractivity contribution < 1.29 is 4.79 Å². The molecule has 134 valence electrons. The highest BCUT2D eigenvalue weighted by Gasteiger charge is 2.29. The minimum Gasteiger partial charge on any atom is -0.342 e. The third-order valence-corrected chi connectivity index (χ3v) is 5.14. The van der Waals surface area contributed by atoms with Crippen LogP contribution in [0.4, 0.5) is 0 Å². The van der Waals surface area contributed by atoms with Crippen LogP contribution in [0.3, 0.4) is 0 Å². The van der Waals surface area contributed by atoms with E-state index in [1.807, 2.05) is 59.5 Å². The zero-order chi connectivity index (χ0) is 17.9. The van der Waals surface area contributed by atoms with E-state index in [2.05, 4.69) is 4.98 Å². The maximum Gasteiger partial charge on any atom is 0.239 e. The third-order valence-electron chi connectivity index (χ3n) is 5.14. The molecule has 0 bridgehead atoms. The van der Waals surface area contributed by atoms with Crippen LogP contribution in [0, 0.1) is 0 Å². The van der Waals surface area contributed by atoms with E-state index in [0.717, 1.165) is 41.8 Å². The highest BCUT2D eigenvalue weighted by molar-refractivity contribution is 5.82. The zero-order valence-electron chi connectivity index (χ0n) is 14.8. The third kappa shape index (κ3) is 3.48. The molecule has 0 radical (unpaired) electrons. The SMILES string of the molecule is N[C@H](Cc1ccccc1)C(=O)N1CCCC(c2nc3ccccc3[nH]2)C1. The molecule has 26 heavy (non-hydrogen) atoms. The largest absolute Gasteiger partial charge is 0.342 e. The van der Waals surface area contributed by atoms with Crippen LogP contribution in [-0.4, -0.2) is 39.9 Å². The number of hydrogen-bond donors (Lipinski definition) is 2. The predicted octanol–water partition coefficient (Wildman–Crippen LogP) is 2.84. The number of rotatable bonds is 4. The molecule has 5 nitrogen and oxygen atoms in total. The number of aromatic amines is 1. The Morgan fingerprint density at radius 1 is 1.19 bits per heavy atom. The molecule has 4 rings (SSSR count). The number of nitrogens with two attached hydrogens (primary N) is 1. The summed E-state index contributed by atoms with van der Waals surface area (Å²) < 4.78 is 0. The number of carbonyl (C=O) groups excluding carboxylic acids is 1. The van der Waals surface area contributed by atoms with Crippen molar-refractivity contribution in [1.29, 1.82) is 0 Å². The van der Waals surface area contributed by atoms with E-state index in [4.69, 9.17) is 10.7 Å². The number of nitrogens with one attached hydrogen (secondary N) is 1. The predicted molar refractivity (Wildman–Crippen MR) is 103 cm³/mol. The van der Waals surface area contributed by atoms with E-state index in [0.29, 0.717) is 13.0 Å². The number of nitrogens with zero attached hydrogens (tertiary/aromatic N) is 2. The number of aromatic nitrogens is 2. The molecule has 0 aliphatic carbocycles. The number of carbonyl (C=O) groups is 1. The first-order valence-electron chi connectivity index (χ1n) is 9.23. The van der Waals surface area contributed by atoms with Gasteiger partial charge in [-0.2, -0.15) is 0 Å². The van der Waals surface area contributed by atoms with Crippen molar-refractivity contribution in [1.82, 2.24) is 14.9 Å². The molecule has 1 unspecified atom stereocenters. The van der Waals surface area contributed by atoms with Crippen LogP contribution in [0.5, 0.6) is 0 Å². The number of benzene rings is 2. The molecule has 5 heteroatoms. The van der Waals surface area contributed by atoms with Crippen molar-refractivity contribution >= 4 is 16.9 Å². The van der Waals surface area contributed by atoms with Gasteiger partial charge in [0.25, 0.3) is 0 Å². The normalized spacial score (nSPS) is 18.8. The van der Waals surface area contributed by atoms with Crippen LogP contribution in [0.2, 0.25) is 0 Å². The maximum atomic E-state index is 12.8. The lowest BCUT2D eigenvalue weighted by molar-refractivity contribution is -0.133. The fourth-order valence-electron chi connectivity index (χ4n) is 3.76. The number of para-hydroxylation sites is 2. The lowest BCUT2D eigenvalue weighted by atomic mass is 9.96. The summed E-state index contributed by atoms with van der Waals surface area (Å²) in [6.07, 6.45) is 2.59. The van der Waals surface area contributed by atoms with Gasteiger partial charge in [0.15, 0.2) is 0 Å². The van der Waals surface area contributed by atoms with Gasteiger partial charge in [-0.05, 0) is 37.0 Å². The summed E-state index contributed by atoms with van der Waals surface area (Å²) in [5.41, 5.74) is 9.33. The van der Waals surface area contributed by atoms with Gasteiger partial charge in [0.1, 0.15) is 5.82 Å². The van der Waals surface area contributed by atoms with Crippen LogP contribution in [0.15, 0.2) is 54.6 Å². The van der Waals surface area contributed by atoms with E-state index >= 15 is 0 Å². The summed E-state index contributed by atoms with van der Waals surface area (Å²) in [6, 6.07) is 17.5. The second-order valence-electron chi connectivity index (χ2n) is 7.06. The van der Waals surface area contributed by atoms with Crippen LogP contribution >= 0.6 is 0 Å². The minimum absolute atomic E-state index is 0.0367. The van der Waals surface area contributed by atoms with E-state index in [1.54, 1.807) is 0 Å². The molecule has 0 spiro atoms. The Balaban J connectivity index is 1.44. The average Bonchev–Trinajstić information content (AvgIpc) is 3.12. The van der Waals surface area contributed by atoms with Gasteiger partial charge in [0, 0.05) is 19.0 Å². The highest BCUT2D eigenvalue weighted by Crippen LogP contribution is 2.27. The average molecular weight is 348 g/mol. The number of fused-ring (bicyclic) bond motifs is 1. The van der Waals surface area contributed by atoms with Crippen molar-refractivity contribution in [3.8, 4) is 0 Å². The van der Waals surface area contributed by atoms with Gasteiger partial charge in [-0.15, -0.1) is 0 Å². The molecule has 3 N–H and O–H groups in total. The molecule has 1 aliphatic heterocycles. The van der Waals surface area contributed by atoms with Gasteiger partial charge in [-0.3, -0.25) is 4.79 Å². The Hall–Kier alpha value is -2.66. The standard InChI is InChI=1S/C21H24N4O/c22-17(13-15-7-2-1-3-8-15)21(26)25-12-6-9-16(14-25)20-23-18-10-4-5-11-19(18)24-20/h1-5,7-8,10-11,16-17H,6,9,12-14,22H2,(H,23,24)/t16?,17-/m1/s1. The maximum absolute atomic E-state index is 12.8. The van der Waals surface area contributed by atoms with E-state index < -0.39 is 6.04 Å². The molecule has 2 aromatic carbocycles. The van der Waals surface area contributed by atoms with Crippen molar-refractivity contribution in [2.24, 2.45) is 5.73 Å². The number of amides is 1. The fourth-order valence-corrected chi connectivity index (χ4v) is 3.76. The molecule has 2 heterocycles. The van der Waals surface area contributed by atoms with Crippen molar-refractivity contribution in [2.75, 3.05) is 13.1 Å². The first-order chi connectivity index (χ1) is 12.7. The second-order valence-corrected chi connectivity index (χ2v) is 7.06. The van der Waals surface area contributed by atoms with Crippen molar-refractivity contribution in [3.05, 3.63) is 66.0 Å². The lowest BCUT2D eigenvalue weighted by Crippen LogP contribution is -2.48. The number of hydrogen-bond acceptors (Lipinski definition) is 3. The summed E-state index contributed by atoms with van der Waals surface area (Å²) in [4.78, 5) is 22.9. The summed E-state index contributed by atoms with van der Waals surface area (Å²) in [7, 11) is 0. The van der Waals surface area contributed by atoms with E-state index in [-0.39, 0.29) is 11.8 Å². The Morgan fingerprint density at radius 3 is 2.77 bits per heavy atom. The summed E-state index contributed by atoms with van der Waals surface area (Å²) in [6.45, 7) is 1.46. The first kappa shape index (κ1) is 16.8. The topological polar surface area (TPSA) is 75.0 Å². The second kappa shape index (κ2) is 7.30. The number of likely N-dealkylation sites (tertiary alicyclic amines) is 1. The quantitative estimate of drug-likeness (QED) is 0.761. The first-order valence-corrected chi connectivity index (χ1v) is 9.23. The van der Waals surface area contributed by atoms with Gasteiger partial charge < -0.3 is 15.6 Å². The van der Waals surface area contributed by atoms with Gasteiger partial charge in [0.05, 0.1) is 17.1 Å². The lowest BCUT2D eigenvalue weighted by Gasteiger charge is -2.33. The molecule has 2 atom stereocenters. The van der Waals surface area contributed by atoms with Crippen LogP contribution in [-0.2, 0) is 11.2 Å². The molecule has 1 saturated heterocycles. The Labute approximate surface area is 153 Å². The molecule has 1 aliphatic rings. The summed E-state index contributed by atoms with van der Waals surface area (Å²) >= 11 is 0. The highest BCUT2D eigenvalue weighted by atomic mass is 16.2. The Morgan fingerprint density at radius 2 is 1.96 bits per heavy atom. The number of piperidine rings is 1. The molecule has 1 amide bonds. The number of imidazole rings is 1. The van der Waals surface area contributed by atoms with Gasteiger partial charge in [-0.1, -0.05) is 42.5 Å². The summed E-state index contributed by atoms with van der Waals surface area (Å²) in [5.74, 6) is 1.25. The molecule has 1 fully saturated rings. The van der Waals surface area contributed by atoms with Crippen LogP contribution in [0.1, 0.15) is 30.1 Å². The fraction of sp³-hybridized carbons (Fsp3) is 0.333.